The number of likely N-dealkylation sites (tertiary alicyclic amines) is 1. The first-order valence-electron chi connectivity index (χ1n) is 10.6. The Morgan fingerprint density at radius 3 is 2.77 bits per heavy atom. The van der Waals surface area contributed by atoms with Crippen LogP contribution in [0.25, 0.3) is 0 Å². The number of nitrogens with one attached hydrogen (secondary N) is 2. The number of carbonyl (C=O) groups is 2. The Bertz CT molecular complexity index is 782. The third-order valence-electron chi connectivity index (χ3n) is 5.43. The Balaban J connectivity index is 1.29. The number of hydrogen-bond acceptors (Lipinski definition) is 4. The highest BCUT2D eigenvalue weighted by molar-refractivity contribution is 7.09. The van der Waals surface area contributed by atoms with Crippen molar-refractivity contribution in [1.82, 2.24) is 20.4 Å². The Morgan fingerprint density at radius 2 is 2.00 bits per heavy atom. The molecule has 2 heterocycles. The molecule has 1 fully saturated rings. The van der Waals surface area contributed by atoms with E-state index < -0.39 is 0 Å². The first kappa shape index (κ1) is 22.3. The fourth-order valence-electron chi connectivity index (χ4n) is 3.80. The second-order valence-corrected chi connectivity index (χ2v) is 8.98. The first-order chi connectivity index (χ1) is 14.6. The molecule has 0 saturated carbocycles. The van der Waals surface area contributed by atoms with Gasteiger partial charge >= 0.3 is 6.03 Å². The van der Waals surface area contributed by atoms with Crippen molar-refractivity contribution in [3.05, 3.63) is 58.3 Å². The largest absolute Gasteiger partial charge is 0.341 e. The van der Waals surface area contributed by atoms with Crippen LogP contribution in [0, 0.1) is 5.92 Å². The number of benzene rings is 1. The van der Waals surface area contributed by atoms with Crippen LogP contribution in [0.5, 0.6) is 0 Å². The van der Waals surface area contributed by atoms with E-state index in [2.05, 4.69) is 33.0 Å². The number of thiophene rings is 1. The number of urea groups is 1. The van der Waals surface area contributed by atoms with Crippen molar-refractivity contribution in [2.45, 2.75) is 32.4 Å². The molecule has 3 amide bonds. The standard InChI is InChI=1S/C23H32N4O2S/c1-26(16-19-7-3-2-4-8-19)22(28)11-12-24-23(29)25-15-20-9-5-13-27(17-20)18-21-10-6-14-30-21/h2-4,6-8,10,14,20H,5,9,11-13,15-18H2,1H3,(H2,24,25,29). The lowest BCUT2D eigenvalue weighted by Crippen LogP contribution is -2.44. The van der Waals surface area contributed by atoms with Crippen molar-refractivity contribution >= 4 is 23.3 Å². The van der Waals surface area contributed by atoms with Crippen LogP contribution in [0.15, 0.2) is 47.8 Å². The van der Waals surface area contributed by atoms with Crippen LogP contribution in [0.1, 0.15) is 29.7 Å². The molecule has 1 unspecified atom stereocenters. The van der Waals surface area contributed by atoms with Gasteiger partial charge in [-0.3, -0.25) is 9.69 Å². The minimum absolute atomic E-state index is 0.0238. The molecule has 1 atom stereocenters. The van der Waals surface area contributed by atoms with Gasteiger partial charge in [-0.25, -0.2) is 4.79 Å². The van der Waals surface area contributed by atoms with Crippen LogP contribution in [0.2, 0.25) is 0 Å². The van der Waals surface area contributed by atoms with Crippen molar-refractivity contribution in [2.24, 2.45) is 5.92 Å². The van der Waals surface area contributed by atoms with Crippen LogP contribution in [-0.4, -0.2) is 55.0 Å². The molecule has 1 aliphatic heterocycles. The van der Waals surface area contributed by atoms with E-state index in [4.69, 9.17) is 0 Å². The molecular weight excluding hydrogens is 396 g/mol. The lowest BCUT2D eigenvalue weighted by molar-refractivity contribution is -0.130. The lowest BCUT2D eigenvalue weighted by Gasteiger charge is -2.32. The summed E-state index contributed by atoms with van der Waals surface area (Å²) in [7, 11) is 1.79. The van der Waals surface area contributed by atoms with Crippen LogP contribution in [-0.2, 0) is 17.9 Å². The monoisotopic (exact) mass is 428 g/mol. The van der Waals surface area contributed by atoms with Gasteiger partial charge in [0.15, 0.2) is 0 Å². The van der Waals surface area contributed by atoms with Gasteiger partial charge in [0.05, 0.1) is 0 Å². The van der Waals surface area contributed by atoms with E-state index in [0.717, 1.165) is 31.6 Å². The van der Waals surface area contributed by atoms with Crippen molar-refractivity contribution in [1.29, 1.82) is 0 Å². The third kappa shape index (κ3) is 7.46. The second kappa shape index (κ2) is 11.7. The molecule has 3 rings (SSSR count). The molecule has 0 radical (unpaired) electrons. The molecule has 0 bridgehead atoms. The molecule has 162 valence electrons. The summed E-state index contributed by atoms with van der Waals surface area (Å²) in [5, 5.41) is 7.90. The van der Waals surface area contributed by atoms with Gasteiger partial charge in [0.25, 0.3) is 0 Å². The second-order valence-electron chi connectivity index (χ2n) is 7.94. The topological polar surface area (TPSA) is 64.7 Å². The predicted octanol–water partition coefficient (Wildman–Crippen LogP) is 3.31. The minimum Gasteiger partial charge on any atom is -0.341 e. The zero-order chi connectivity index (χ0) is 21.2. The molecule has 1 saturated heterocycles. The summed E-state index contributed by atoms with van der Waals surface area (Å²) in [6.45, 7) is 4.74. The minimum atomic E-state index is -0.191. The summed E-state index contributed by atoms with van der Waals surface area (Å²) in [5.74, 6) is 0.499. The van der Waals surface area contributed by atoms with Gasteiger partial charge < -0.3 is 15.5 Å². The van der Waals surface area contributed by atoms with Gasteiger partial charge in [-0.2, -0.15) is 0 Å². The number of rotatable bonds is 9. The maximum atomic E-state index is 12.3. The van der Waals surface area contributed by atoms with Gasteiger partial charge in [0, 0.05) is 51.1 Å². The van der Waals surface area contributed by atoms with E-state index in [1.807, 2.05) is 30.3 Å². The van der Waals surface area contributed by atoms with Gasteiger partial charge in [0.2, 0.25) is 5.91 Å². The summed E-state index contributed by atoms with van der Waals surface area (Å²) < 4.78 is 0. The first-order valence-corrected chi connectivity index (χ1v) is 11.5. The van der Waals surface area contributed by atoms with E-state index >= 15 is 0 Å². The maximum Gasteiger partial charge on any atom is 0.314 e. The molecule has 2 N–H and O–H groups in total. The molecule has 0 aliphatic carbocycles. The summed E-state index contributed by atoms with van der Waals surface area (Å²) in [5.41, 5.74) is 1.10. The van der Waals surface area contributed by atoms with E-state index in [0.29, 0.717) is 32.0 Å². The van der Waals surface area contributed by atoms with E-state index in [9.17, 15) is 9.59 Å². The SMILES string of the molecule is CN(Cc1ccccc1)C(=O)CCNC(=O)NCC1CCCN(Cc2cccs2)C1. The summed E-state index contributed by atoms with van der Waals surface area (Å²) in [4.78, 5) is 29.9. The maximum absolute atomic E-state index is 12.3. The number of nitrogens with zero attached hydrogens (tertiary/aromatic N) is 2. The highest BCUT2D eigenvalue weighted by Crippen LogP contribution is 2.19. The smallest absolute Gasteiger partial charge is 0.314 e. The molecule has 2 aromatic rings. The third-order valence-corrected chi connectivity index (χ3v) is 6.29. The molecule has 1 aliphatic rings. The molecule has 7 heteroatoms. The molecular formula is C23H32N4O2S. The Labute approximate surface area is 183 Å². The highest BCUT2D eigenvalue weighted by Gasteiger charge is 2.20. The van der Waals surface area contributed by atoms with Crippen molar-refractivity contribution in [3.8, 4) is 0 Å². The molecule has 0 spiro atoms. The molecule has 1 aromatic carbocycles. The van der Waals surface area contributed by atoms with Gasteiger partial charge in [-0.05, 0) is 42.3 Å². The number of piperidine rings is 1. The van der Waals surface area contributed by atoms with Crippen molar-refractivity contribution in [2.75, 3.05) is 33.2 Å². The summed E-state index contributed by atoms with van der Waals surface area (Å²) in [6.07, 6.45) is 2.61. The van der Waals surface area contributed by atoms with Gasteiger partial charge in [-0.1, -0.05) is 36.4 Å². The fraction of sp³-hybridized carbons (Fsp3) is 0.478. The highest BCUT2D eigenvalue weighted by atomic mass is 32.1. The van der Waals surface area contributed by atoms with Crippen LogP contribution >= 0.6 is 11.3 Å². The zero-order valence-electron chi connectivity index (χ0n) is 17.7. The normalized spacial score (nSPS) is 16.8. The van der Waals surface area contributed by atoms with E-state index in [-0.39, 0.29) is 11.9 Å². The van der Waals surface area contributed by atoms with Crippen LogP contribution in [0.4, 0.5) is 4.79 Å². The Morgan fingerprint density at radius 1 is 1.17 bits per heavy atom. The van der Waals surface area contributed by atoms with Crippen LogP contribution in [0.3, 0.4) is 0 Å². The fourth-order valence-corrected chi connectivity index (χ4v) is 4.55. The van der Waals surface area contributed by atoms with Gasteiger partial charge in [-0.15, -0.1) is 11.3 Å². The summed E-state index contributed by atoms with van der Waals surface area (Å²) in [6, 6.07) is 14.0. The molecule has 30 heavy (non-hydrogen) atoms. The lowest BCUT2D eigenvalue weighted by atomic mass is 9.98. The number of carbonyl (C=O) groups excluding carboxylic acids is 2. The van der Waals surface area contributed by atoms with E-state index in [1.165, 1.54) is 11.3 Å². The Hall–Kier alpha value is -2.38. The van der Waals surface area contributed by atoms with Crippen molar-refractivity contribution < 1.29 is 9.59 Å². The predicted molar refractivity (Wildman–Crippen MR) is 121 cm³/mol. The average Bonchev–Trinajstić information content (AvgIpc) is 3.26. The number of hydrogen-bond donors (Lipinski definition) is 2. The van der Waals surface area contributed by atoms with Gasteiger partial charge in [0.1, 0.15) is 0 Å². The molecule has 1 aromatic heterocycles. The number of amides is 3. The van der Waals surface area contributed by atoms with E-state index in [1.54, 1.807) is 23.3 Å². The molecule has 6 nitrogen and oxygen atoms in total. The Kier molecular flexibility index (Phi) is 8.71. The quantitative estimate of drug-likeness (QED) is 0.644. The van der Waals surface area contributed by atoms with Crippen molar-refractivity contribution in [3.63, 3.8) is 0 Å². The summed E-state index contributed by atoms with van der Waals surface area (Å²) >= 11 is 1.80. The van der Waals surface area contributed by atoms with Crippen LogP contribution < -0.4 is 10.6 Å². The zero-order valence-corrected chi connectivity index (χ0v) is 18.5. The average molecular weight is 429 g/mol.